The Kier molecular flexibility index (Phi) is 5.04. The largest absolute Gasteiger partial charge is 0.308 e. The summed E-state index contributed by atoms with van der Waals surface area (Å²) in [5, 5.41) is 15.6. The first kappa shape index (κ1) is 12.4. The molecule has 0 aliphatic rings. The van der Waals surface area contributed by atoms with Crippen molar-refractivity contribution in [3.05, 3.63) is 5.82 Å². The van der Waals surface area contributed by atoms with Gasteiger partial charge in [0.05, 0.1) is 12.6 Å². The summed E-state index contributed by atoms with van der Waals surface area (Å²) in [6.07, 6.45) is 2.10. The Balaban J connectivity index is 2.68. The van der Waals surface area contributed by atoms with E-state index in [1.54, 1.807) is 0 Å². The van der Waals surface area contributed by atoms with E-state index in [-0.39, 0.29) is 6.04 Å². The minimum absolute atomic E-state index is 0.207. The molecule has 0 saturated heterocycles. The van der Waals surface area contributed by atoms with Crippen molar-refractivity contribution < 1.29 is 0 Å². The maximum atomic E-state index is 4.05. The van der Waals surface area contributed by atoms with E-state index in [0.717, 1.165) is 18.9 Å². The average molecular weight is 229 g/mol. The van der Waals surface area contributed by atoms with Gasteiger partial charge >= 0.3 is 0 Å². The van der Waals surface area contributed by atoms with Gasteiger partial charge in [-0.1, -0.05) is 13.8 Å². The molecule has 1 rings (SSSR count). The molecule has 0 amide bonds. The summed E-state index contributed by atoms with van der Waals surface area (Å²) < 4.78 is 1.88. The fourth-order valence-corrected chi connectivity index (χ4v) is 1.66. The maximum absolute atomic E-state index is 4.05. The van der Waals surface area contributed by atoms with Crippen molar-refractivity contribution in [2.24, 2.45) is 0 Å². The lowest BCUT2D eigenvalue weighted by molar-refractivity contribution is 0.495. The Morgan fingerprint density at radius 1 is 1.47 bits per heavy atom. The molecule has 1 heterocycles. The third kappa shape index (κ3) is 3.46. The SMILES string of the molecule is CCNC(C)c1nnnn1CC(C)SC. The highest BCUT2D eigenvalue weighted by Crippen LogP contribution is 2.12. The molecule has 5 nitrogen and oxygen atoms in total. The minimum atomic E-state index is 0.207. The molecule has 2 atom stereocenters. The monoisotopic (exact) mass is 229 g/mol. The Bertz CT molecular complexity index is 288. The van der Waals surface area contributed by atoms with Gasteiger partial charge in [0.15, 0.2) is 5.82 Å². The van der Waals surface area contributed by atoms with Gasteiger partial charge in [0.25, 0.3) is 0 Å². The van der Waals surface area contributed by atoms with Crippen LogP contribution in [0.3, 0.4) is 0 Å². The van der Waals surface area contributed by atoms with E-state index in [1.165, 1.54) is 0 Å². The van der Waals surface area contributed by atoms with Crippen LogP contribution in [0.4, 0.5) is 0 Å². The summed E-state index contributed by atoms with van der Waals surface area (Å²) in [7, 11) is 0. The second-order valence-electron chi connectivity index (χ2n) is 3.54. The molecule has 1 N–H and O–H groups in total. The second-order valence-corrected chi connectivity index (χ2v) is 4.82. The zero-order valence-electron chi connectivity index (χ0n) is 9.77. The molecule has 1 aromatic rings. The van der Waals surface area contributed by atoms with Crippen molar-refractivity contribution in [3.8, 4) is 0 Å². The van der Waals surface area contributed by atoms with Crippen LogP contribution in [0.5, 0.6) is 0 Å². The van der Waals surface area contributed by atoms with Gasteiger partial charge in [-0.2, -0.15) is 11.8 Å². The van der Waals surface area contributed by atoms with Gasteiger partial charge in [0.2, 0.25) is 0 Å². The van der Waals surface area contributed by atoms with Gasteiger partial charge < -0.3 is 5.32 Å². The molecule has 2 unspecified atom stereocenters. The van der Waals surface area contributed by atoms with Gasteiger partial charge in [-0.25, -0.2) is 4.68 Å². The van der Waals surface area contributed by atoms with Crippen LogP contribution in [-0.2, 0) is 6.54 Å². The topological polar surface area (TPSA) is 55.6 Å². The maximum Gasteiger partial charge on any atom is 0.167 e. The minimum Gasteiger partial charge on any atom is -0.308 e. The van der Waals surface area contributed by atoms with Crippen molar-refractivity contribution in [2.45, 2.75) is 38.6 Å². The van der Waals surface area contributed by atoms with Gasteiger partial charge in [-0.3, -0.25) is 0 Å². The van der Waals surface area contributed by atoms with Crippen molar-refractivity contribution in [3.63, 3.8) is 0 Å². The first-order valence-corrected chi connectivity index (χ1v) is 6.50. The van der Waals surface area contributed by atoms with Crippen LogP contribution in [-0.4, -0.2) is 38.3 Å². The lowest BCUT2D eigenvalue weighted by Gasteiger charge is -2.14. The predicted molar refractivity (Wildman–Crippen MR) is 62.9 cm³/mol. The third-order valence-corrected chi connectivity index (χ3v) is 3.24. The second kappa shape index (κ2) is 6.07. The van der Waals surface area contributed by atoms with Gasteiger partial charge in [-0.15, -0.1) is 5.10 Å². The molecule has 6 heteroatoms. The normalized spacial score (nSPS) is 15.2. The highest BCUT2D eigenvalue weighted by Gasteiger charge is 2.14. The standard InChI is InChI=1S/C9H19N5S/c1-5-10-8(3)9-11-12-13-14(9)6-7(2)15-4/h7-8,10H,5-6H2,1-4H3. The highest BCUT2D eigenvalue weighted by molar-refractivity contribution is 7.99. The fourth-order valence-electron chi connectivity index (χ4n) is 1.37. The summed E-state index contributed by atoms with van der Waals surface area (Å²) in [4.78, 5) is 0. The molecule has 86 valence electrons. The van der Waals surface area contributed by atoms with Crippen LogP contribution in [0, 0.1) is 0 Å². The summed E-state index contributed by atoms with van der Waals surface area (Å²) in [6, 6.07) is 0.207. The van der Waals surface area contributed by atoms with Gasteiger partial charge in [-0.05, 0) is 30.2 Å². The Morgan fingerprint density at radius 2 is 2.20 bits per heavy atom. The number of hydrogen-bond donors (Lipinski definition) is 1. The highest BCUT2D eigenvalue weighted by atomic mass is 32.2. The van der Waals surface area contributed by atoms with Crippen LogP contribution in [0.25, 0.3) is 0 Å². The average Bonchev–Trinajstić information content (AvgIpc) is 2.66. The van der Waals surface area contributed by atoms with Gasteiger partial charge in [0.1, 0.15) is 0 Å². The zero-order chi connectivity index (χ0) is 11.3. The number of thioether (sulfide) groups is 1. The predicted octanol–water partition coefficient (Wildman–Crippen LogP) is 1.10. The molecule has 1 aromatic heterocycles. The van der Waals surface area contributed by atoms with Crippen molar-refractivity contribution in [2.75, 3.05) is 12.8 Å². The van der Waals surface area contributed by atoms with Crippen molar-refractivity contribution in [1.29, 1.82) is 0 Å². The number of nitrogens with zero attached hydrogens (tertiary/aromatic N) is 4. The molecule has 15 heavy (non-hydrogen) atoms. The van der Waals surface area contributed by atoms with E-state index in [4.69, 9.17) is 0 Å². The van der Waals surface area contributed by atoms with E-state index < -0.39 is 0 Å². The Morgan fingerprint density at radius 3 is 2.80 bits per heavy atom. The zero-order valence-corrected chi connectivity index (χ0v) is 10.6. The lowest BCUT2D eigenvalue weighted by atomic mass is 10.3. The number of rotatable bonds is 6. The summed E-state index contributed by atoms with van der Waals surface area (Å²) >= 11 is 1.82. The Hall–Kier alpha value is -0.620. The van der Waals surface area contributed by atoms with E-state index in [0.29, 0.717) is 5.25 Å². The first-order valence-electron chi connectivity index (χ1n) is 5.21. The number of tetrazole rings is 1. The molecule has 0 aromatic carbocycles. The molecule has 0 bridgehead atoms. The number of nitrogens with one attached hydrogen (secondary N) is 1. The molecule has 0 aliphatic heterocycles. The summed E-state index contributed by atoms with van der Waals surface area (Å²) in [5.41, 5.74) is 0. The van der Waals surface area contributed by atoms with Crippen LogP contribution >= 0.6 is 11.8 Å². The molecule has 0 saturated carbocycles. The molecule has 0 radical (unpaired) electrons. The van der Waals surface area contributed by atoms with Gasteiger partial charge in [0, 0.05) is 5.25 Å². The van der Waals surface area contributed by atoms with E-state index in [9.17, 15) is 0 Å². The first-order chi connectivity index (χ1) is 7.19. The van der Waals surface area contributed by atoms with E-state index >= 15 is 0 Å². The van der Waals surface area contributed by atoms with E-state index in [1.807, 2.05) is 16.4 Å². The summed E-state index contributed by atoms with van der Waals surface area (Å²) in [5.74, 6) is 0.915. The molecule has 0 spiro atoms. The Labute approximate surface area is 95.0 Å². The summed E-state index contributed by atoms with van der Waals surface area (Å²) in [6.45, 7) is 8.12. The number of aromatic nitrogens is 4. The van der Waals surface area contributed by atoms with Crippen LogP contribution in [0.15, 0.2) is 0 Å². The van der Waals surface area contributed by atoms with Crippen LogP contribution in [0.2, 0.25) is 0 Å². The lowest BCUT2D eigenvalue weighted by Crippen LogP contribution is -2.23. The van der Waals surface area contributed by atoms with Crippen molar-refractivity contribution in [1.82, 2.24) is 25.5 Å². The molecule has 0 aliphatic carbocycles. The number of hydrogen-bond acceptors (Lipinski definition) is 5. The van der Waals surface area contributed by atoms with Crippen LogP contribution in [0.1, 0.15) is 32.6 Å². The molecule has 0 fully saturated rings. The van der Waals surface area contributed by atoms with Crippen molar-refractivity contribution >= 4 is 11.8 Å². The smallest absolute Gasteiger partial charge is 0.167 e. The fraction of sp³-hybridized carbons (Fsp3) is 0.889. The molecular formula is C9H19N5S. The molecular weight excluding hydrogens is 210 g/mol. The van der Waals surface area contributed by atoms with E-state index in [2.05, 4.69) is 47.9 Å². The quantitative estimate of drug-likeness (QED) is 0.791. The third-order valence-electron chi connectivity index (χ3n) is 2.29. The van der Waals surface area contributed by atoms with Crippen LogP contribution < -0.4 is 5.32 Å².